The van der Waals surface area contributed by atoms with Gasteiger partial charge in [0.25, 0.3) is 0 Å². The summed E-state index contributed by atoms with van der Waals surface area (Å²) < 4.78 is 31.5. The van der Waals surface area contributed by atoms with Crippen molar-refractivity contribution >= 4 is 34.0 Å². The van der Waals surface area contributed by atoms with Crippen LogP contribution in [0.3, 0.4) is 0 Å². The van der Waals surface area contributed by atoms with E-state index in [1.54, 1.807) is 6.07 Å². The predicted octanol–water partition coefficient (Wildman–Crippen LogP) is 2.72. The van der Waals surface area contributed by atoms with E-state index in [0.717, 1.165) is 30.2 Å². The van der Waals surface area contributed by atoms with Gasteiger partial charge in [-0.15, -0.1) is 12.4 Å². The van der Waals surface area contributed by atoms with Gasteiger partial charge in [-0.2, -0.15) is 0 Å². The van der Waals surface area contributed by atoms with Gasteiger partial charge in [0.05, 0.1) is 17.2 Å². The van der Waals surface area contributed by atoms with Crippen molar-refractivity contribution in [2.75, 3.05) is 39.1 Å². The summed E-state index contributed by atoms with van der Waals surface area (Å²) in [6, 6.07) is 4.54. The zero-order valence-electron chi connectivity index (χ0n) is 17.0. The molecule has 0 spiro atoms. The van der Waals surface area contributed by atoms with Crippen LogP contribution in [-0.2, 0) is 14.8 Å². The molecule has 0 radical (unpaired) electrons. The van der Waals surface area contributed by atoms with Crippen LogP contribution in [0.1, 0.15) is 33.1 Å². The lowest BCUT2D eigenvalue weighted by molar-refractivity contribution is -0.117. The van der Waals surface area contributed by atoms with Crippen molar-refractivity contribution in [2.24, 2.45) is 11.8 Å². The van der Waals surface area contributed by atoms with Crippen LogP contribution < -0.4 is 15.4 Å². The minimum Gasteiger partial charge on any atom is -0.492 e. The van der Waals surface area contributed by atoms with Crippen molar-refractivity contribution in [3.63, 3.8) is 0 Å². The van der Waals surface area contributed by atoms with Crippen molar-refractivity contribution in [2.45, 2.75) is 38.0 Å². The molecule has 1 aromatic carbocycles. The molecule has 1 aromatic rings. The smallest absolute Gasteiger partial charge is 0.242 e. The van der Waals surface area contributed by atoms with Crippen LogP contribution in [0.2, 0.25) is 0 Å². The summed E-state index contributed by atoms with van der Waals surface area (Å²) in [6.07, 6.45) is 2.65. The number of hydrogen-bond donors (Lipinski definition) is 2. The number of sulfonamides is 1. The highest BCUT2D eigenvalue weighted by molar-refractivity contribution is 7.89. The maximum absolute atomic E-state index is 12.6. The summed E-state index contributed by atoms with van der Waals surface area (Å²) in [4.78, 5) is 12.7. The molecular formula is C19H32ClN3O4S. The topological polar surface area (TPSA) is 87.7 Å². The van der Waals surface area contributed by atoms with E-state index in [0.29, 0.717) is 30.4 Å². The second-order valence-electron chi connectivity index (χ2n) is 7.21. The third kappa shape index (κ3) is 6.34. The summed E-state index contributed by atoms with van der Waals surface area (Å²) in [5.41, 5.74) is 0.388. The van der Waals surface area contributed by atoms with Gasteiger partial charge in [0, 0.05) is 20.5 Å². The largest absolute Gasteiger partial charge is 0.492 e. The number of rotatable bonds is 8. The van der Waals surface area contributed by atoms with Crippen LogP contribution in [0.25, 0.3) is 0 Å². The van der Waals surface area contributed by atoms with Gasteiger partial charge in [-0.1, -0.05) is 6.92 Å². The molecule has 1 aliphatic heterocycles. The van der Waals surface area contributed by atoms with Gasteiger partial charge in [0.1, 0.15) is 5.75 Å². The third-order valence-electron chi connectivity index (χ3n) is 4.95. The molecular weight excluding hydrogens is 402 g/mol. The average Bonchev–Trinajstić information content (AvgIpc) is 2.63. The van der Waals surface area contributed by atoms with Gasteiger partial charge in [-0.25, -0.2) is 12.7 Å². The van der Waals surface area contributed by atoms with Crippen LogP contribution in [0.15, 0.2) is 23.1 Å². The van der Waals surface area contributed by atoms with Crippen molar-refractivity contribution in [3.05, 3.63) is 18.2 Å². The fourth-order valence-corrected chi connectivity index (χ4v) is 4.21. The first-order valence-corrected chi connectivity index (χ1v) is 10.9. The lowest BCUT2D eigenvalue weighted by Gasteiger charge is -2.28. The Bertz CT molecular complexity index is 750. The van der Waals surface area contributed by atoms with E-state index in [9.17, 15) is 13.2 Å². The normalized spacial score (nSPS) is 18.2. The maximum Gasteiger partial charge on any atom is 0.242 e. The van der Waals surface area contributed by atoms with Crippen LogP contribution in [0, 0.1) is 11.8 Å². The molecule has 0 aromatic heterocycles. The molecule has 7 nitrogen and oxygen atoms in total. The van der Waals surface area contributed by atoms with Crippen molar-refractivity contribution in [3.8, 4) is 5.75 Å². The van der Waals surface area contributed by atoms with E-state index >= 15 is 0 Å². The number of piperidine rings is 1. The van der Waals surface area contributed by atoms with Gasteiger partial charge in [0.2, 0.25) is 15.9 Å². The molecule has 1 fully saturated rings. The third-order valence-corrected chi connectivity index (χ3v) is 6.76. The van der Waals surface area contributed by atoms with Gasteiger partial charge in [-0.3, -0.25) is 4.79 Å². The number of nitrogens with one attached hydrogen (secondary N) is 2. The molecule has 28 heavy (non-hydrogen) atoms. The molecule has 0 saturated carbocycles. The highest BCUT2D eigenvalue weighted by Crippen LogP contribution is 2.30. The van der Waals surface area contributed by atoms with Crippen LogP contribution in [-0.4, -0.2) is 52.4 Å². The highest BCUT2D eigenvalue weighted by atomic mass is 35.5. The summed E-state index contributed by atoms with van der Waals surface area (Å²) in [5.74, 6) is 1.07. The minimum absolute atomic E-state index is 0. The Hall–Kier alpha value is -1.35. The molecule has 160 valence electrons. The molecule has 2 unspecified atom stereocenters. The molecule has 2 rings (SSSR count). The maximum atomic E-state index is 12.6. The first kappa shape index (κ1) is 24.7. The van der Waals surface area contributed by atoms with Gasteiger partial charge >= 0.3 is 0 Å². The Balaban J connectivity index is 0.00000392. The summed E-state index contributed by atoms with van der Waals surface area (Å²) >= 11 is 0. The number of anilines is 1. The molecule has 1 aliphatic rings. The minimum atomic E-state index is -3.59. The number of ether oxygens (including phenoxy) is 1. The zero-order chi connectivity index (χ0) is 20.0. The molecule has 0 bridgehead atoms. The second-order valence-corrected chi connectivity index (χ2v) is 9.37. The number of benzene rings is 1. The lowest BCUT2D eigenvalue weighted by atomic mass is 9.85. The van der Waals surface area contributed by atoms with E-state index in [-0.39, 0.29) is 29.1 Å². The Labute approximate surface area is 174 Å². The zero-order valence-corrected chi connectivity index (χ0v) is 18.7. The number of amides is 1. The molecule has 1 saturated heterocycles. The summed E-state index contributed by atoms with van der Waals surface area (Å²) in [6.45, 7) is 6.34. The van der Waals surface area contributed by atoms with Crippen LogP contribution in [0.4, 0.5) is 5.69 Å². The first-order chi connectivity index (χ1) is 12.8. The standard InChI is InChI=1S/C19H31N3O4S.ClH/c1-5-26-18-9-8-16(27(24,25)22(3)4)12-17(18)21-19(23)11-14(2)15-7-6-10-20-13-15;/h8-9,12,14-15,20H,5-7,10-11,13H2,1-4H3,(H,21,23);1H. The molecule has 1 heterocycles. The molecule has 2 N–H and O–H groups in total. The van der Waals surface area contributed by atoms with Gasteiger partial charge < -0.3 is 15.4 Å². The first-order valence-electron chi connectivity index (χ1n) is 9.45. The van der Waals surface area contributed by atoms with E-state index in [1.165, 1.54) is 26.2 Å². The summed E-state index contributed by atoms with van der Waals surface area (Å²) in [7, 11) is -0.637. The quantitative estimate of drug-likeness (QED) is 0.658. The molecule has 1 amide bonds. The number of carbonyl (C=O) groups excluding carboxylic acids is 1. The number of hydrogen-bond acceptors (Lipinski definition) is 5. The number of carbonyl (C=O) groups is 1. The van der Waals surface area contributed by atoms with Gasteiger partial charge in [0.15, 0.2) is 0 Å². The van der Waals surface area contributed by atoms with Crippen molar-refractivity contribution in [1.82, 2.24) is 9.62 Å². The number of nitrogens with zero attached hydrogens (tertiary/aromatic N) is 1. The van der Waals surface area contributed by atoms with Crippen LogP contribution in [0.5, 0.6) is 5.75 Å². The fraction of sp³-hybridized carbons (Fsp3) is 0.632. The molecule has 0 aliphatic carbocycles. The fourth-order valence-electron chi connectivity index (χ4n) is 3.28. The molecule has 2 atom stereocenters. The summed E-state index contributed by atoms with van der Waals surface area (Å²) in [5, 5.41) is 6.23. The lowest BCUT2D eigenvalue weighted by Crippen LogP contribution is -2.34. The van der Waals surface area contributed by atoms with Crippen molar-refractivity contribution in [1.29, 1.82) is 0 Å². The van der Waals surface area contributed by atoms with Crippen LogP contribution >= 0.6 is 12.4 Å². The monoisotopic (exact) mass is 433 g/mol. The Morgan fingerprint density at radius 2 is 2.11 bits per heavy atom. The van der Waals surface area contributed by atoms with E-state index in [1.807, 2.05) is 6.92 Å². The Kier molecular flexibility index (Phi) is 9.69. The van der Waals surface area contributed by atoms with Gasteiger partial charge in [-0.05, 0) is 62.9 Å². The highest BCUT2D eigenvalue weighted by Gasteiger charge is 2.23. The van der Waals surface area contributed by atoms with E-state index in [4.69, 9.17) is 4.74 Å². The number of halogens is 1. The Morgan fingerprint density at radius 1 is 1.39 bits per heavy atom. The predicted molar refractivity (Wildman–Crippen MR) is 114 cm³/mol. The molecule has 9 heteroatoms. The average molecular weight is 434 g/mol. The van der Waals surface area contributed by atoms with E-state index < -0.39 is 10.0 Å². The SMILES string of the molecule is CCOc1ccc(S(=O)(=O)N(C)C)cc1NC(=O)CC(C)C1CCCNC1.Cl. The van der Waals surface area contributed by atoms with E-state index in [2.05, 4.69) is 17.6 Å². The Morgan fingerprint density at radius 3 is 2.68 bits per heavy atom. The van der Waals surface area contributed by atoms with Crippen molar-refractivity contribution < 1.29 is 17.9 Å². The second kappa shape index (κ2) is 11.0.